The molecule has 0 spiro atoms. The second kappa shape index (κ2) is 7.13. The number of unbranched alkanes of at least 4 members (excludes halogenated alkanes) is 1. The van der Waals surface area contributed by atoms with Crippen molar-refractivity contribution in [3.05, 3.63) is 47.7 Å². The maximum Gasteiger partial charge on any atom is 0.373 e. The minimum absolute atomic E-state index is 0.0965. The highest BCUT2D eigenvalue weighted by molar-refractivity contribution is 5.86. The van der Waals surface area contributed by atoms with E-state index in [1.807, 2.05) is 24.3 Å². The van der Waals surface area contributed by atoms with E-state index in [-0.39, 0.29) is 18.0 Å². The zero-order valence-corrected chi connectivity index (χ0v) is 12.2. The van der Waals surface area contributed by atoms with Gasteiger partial charge in [-0.3, -0.25) is 0 Å². The van der Waals surface area contributed by atoms with E-state index in [0.29, 0.717) is 5.76 Å². The summed E-state index contributed by atoms with van der Waals surface area (Å²) in [7, 11) is 1.39. The Bertz CT molecular complexity index is 464. The molecule has 0 aromatic heterocycles. The van der Waals surface area contributed by atoms with Crippen LogP contribution in [0.15, 0.2) is 42.2 Å². The third kappa shape index (κ3) is 3.62. The summed E-state index contributed by atoms with van der Waals surface area (Å²) >= 11 is 0. The van der Waals surface area contributed by atoms with Gasteiger partial charge in [0, 0.05) is 5.92 Å². The zero-order valence-electron chi connectivity index (χ0n) is 12.2. The van der Waals surface area contributed by atoms with Gasteiger partial charge in [0.25, 0.3) is 0 Å². The van der Waals surface area contributed by atoms with Crippen LogP contribution >= 0.6 is 0 Å². The van der Waals surface area contributed by atoms with Crippen molar-refractivity contribution in [2.45, 2.75) is 44.6 Å². The molecule has 1 aromatic carbocycles. The summed E-state index contributed by atoms with van der Waals surface area (Å²) in [5.41, 5.74) is 1.22. The number of allylic oxidation sites excluding steroid dienone is 1. The first-order chi connectivity index (χ1) is 9.74. The smallest absolute Gasteiger partial charge is 0.373 e. The topological polar surface area (TPSA) is 35.5 Å². The van der Waals surface area contributed by atoms with Crippen LogP contribution in [-0.4, -0.2) is 19.2 Å². The Balaban J connectivity index is 2.19. The van der Waals surface area contributed by atoms with Crippen molar-refractivity contribution in [3.63, 3.8) is 0 Å². The molecule has 1 heterocycles. The van der Waals surface area contributed by atoms with Gasteiger partial charge in [-0.25, -0.2) is 4.79 Å². The molecule has 0 bridgehead atoms. The van der Waals surface area contributed by atoms with Gasteiger partial charge in [-0.1, -0.05) is 50.1 Å². The van der Waals surface area contributed by atoms with Crippen molar-refractivity contribution in [1.29, 1.82) is 0 Å². The Morgan fingerprint density at radius 1 is 1.35 bits per heavy atom. The summed E-state index contributed by atoms with van der Waals surface area (Å²) in [6, 6.07) is 10.2. The van der Waals surface area contributed by atoms with Crippen molar-refractivity contribution in [3.8, 4) is 0 Å². The molecule has 0 N–H and O–H groups in total. The van der Waals surface area contributed by atoms with Gasteiger partial charge in [-0.15, -0.1) is 0 Å². The van der Waals surface area contributed by atoms with Crippen molar-refractivity contribution in [2.75, 3.05) is 7.11 Å². The van der Waals surface area contributed by atoms with Gasteiger partial charge in [0.1, 0.15) is 0 Å². The summed E-state index contributed by atoms with van der Waals surface area (Å²) in [6.45, 7) is 2.16. The van der Waals surface area contributed by atoms with Gasteiger partial charge < -0.3 is 9.47 Å². The Morgan fingerprint density at radius 2 is 2.10 bits per heavy atom. The fourth-order valence-corrected chi connectivity index (χ4v) is 2.56. The SMILES string of the molecule is CCCC[C@H]1C[C@H](c2ccccc2)C=C(C(=O)OC)O1. The molecule has 0 fully saturated rings. The molecule has 0 unspecified atom stereocenters. The van der Waals surface area contributed by atoms with Crippen molar-refractivity contribution >= 4 is 5.97 Å². The number of carbonyl (C=O) groups is 1. The Hall–Kier alpha value is -1.77. The molecule has 108 valence electrons. The number of methoxy groups -OCH3 is 1. The van der Waals surface area contributed by atoms with Crippen LogP contribution in [0, 0.1) is 0 Å². The van der Waals surface area contributed by atoms with E-state index in [1.54, 1.807) is 0 Å². The number of rotatable bonds is 5. The summed E-state index contributed by atoms with van der Waals surface area (Å²) in [6.07, 6.45) is 6.13. The summed E-state index contributed by atoms with van der Waals surface area (Å²) in [5.74, 6) is 0.196. The largest absolute Gasteiger partial charge is 0.483 e. The molecule has 2 rings (SSSR count). The summed E-state index contributed by atoms with van der Waals surface area (Å²) in [5, 5.41) is 0. The molecule has 0 radical (unpaired) electrons. The van der Waals surface area contributed by atoms with Gasteiger partial charge in [-0.05, 0) is 24.5 Å². The molecular formula is C17H22O3. The van der Waals surface area contributed by atoms with Gasteiger partial charge in [0.05, 0.1) is 13.2 Å². The third-order valence-corrected chi connectivity index (χ3v) is 3.66. The normalized spacial score (nSPS) is 21.8. The first kappa shape index (κ1) is 14.6. The van der Waals surface area contributed by atoms with Crippen molar-refractivity contribution < 1.29 is 14.3 Å². The molecule has 1 aromatic rings. The highest BCUT2D eigenvalue weighted by atomic mass is 16.6. The molecule has 2 atom stereocenters. The van der Waals surface area contributed by atoms with Gasteiger partial charge in [0.2, 0.25) is 5.76 Å². The predicted octanol–water partition coefficient (Wildman–Crippen LogP) is 3.81. The average Bonchev–Trinajstić information content (AvgIpc) is 2.52. The monoisotopic (exact) mass is 274 g/mol. The second-order valence-electron chi connectivity index (χ2n) is 5.16. The predicted molar refractivity (Wildman–Crippen MR) is 78.3 cm³/mol. The number of hydrogen-bond acceptors (Lipinski definition) is 3. The number of hydrogen-bond donors (Lipinski definition) is 0. The standard InChI is InChI=1S/C17H22O3/c1-3-4-10-15-11-14(13-8-6-5-7-9-13)12-16(20-15)17(18)19-2/h5-9,12,14-15H,3-4,10-11H2,1-2H3/t14-,15-/m0/s1. The van der Waals surface area contributed by atoms with Gasteiger partial charge in [0.15, 0.2) is 0 Å². The number of carbonyl (C=O) groups excluding carboxylic acids is 1. The van der Waals surface area contributed by atoms with E-state index in [0.717, 1.165) is 25.7 Å². The lowest BCUT2D eigenvalue weighted by Gasteiger charge is -2.29. The maximum absolute atomic E-state index is 11.7. The van der Waals surface area contributed by atoms with Gasteiger partial charge >= 0.3 is 5.97 Å². The first-order valence-electron chi connectivity index (χ1n) is 7.26. The van der Waals surface area contributed by atoms with E-state index in [9.17, 15) is 4.79 Å². The molecule has 0 saturated carbocycles. The van der Waals surface area contributed by atoms with E-state index >= 15 is 0 Å². The molecule has 1 aliphatic heterocycles. The fraction of sp³-hybridized carbons (Fsp3) is 0.471. The second-order valence-corrected chi connectivity index (χ2v) is 5.16. The highest BCUT2D eigenvalue weighted by Crippen LogP contribution is 2.32. The minimum atomic E-state index is -0.382. The lowest BCUT2D eigenvalue weighted by molar-refractivity contribution is -0.142. The minimum Gasteiger partial charge on any atom is -0.483 e. The molecule has 3 nitrogen and oxygen atoms in total. The van der Waals surface area contributed by atoms with Crippen LogP contribution in [0.4, 0.5) is 0 Å². The Kier molecular flexibility index (Phi) is 5.22. The first-order valence-corrected chi connectivity index (χ1v) is 7.26. The molecule has 0 amide bonds. The lowest BCUT2D eigenvalue weighted by atomic mass is 9.89. The van der Waals surface area contributed by atoms with Crippen LogP contribution in [-0.2, 0) is 14.3 Å². The van der Waals surface area contributed by atoms with Crippen molar-refractivity contribution in [1.82, 2.24) is 0 Å². The maximum atomic E-state index is 11.7. The third-order valence-electron chi connectivity index (χ3n) is 3.66. The van der Waals surface area contributed by atoms with E-state index in [4.69, 9.17) is 9.47 Å². The molecule has 0 aliphatic carbocycles. The van der Waals surface area contributed by atoms with E-state index < -0.39 is 0 Å². The molecule has 3 heteroatoms. The Morgan fingerprint density at radius 3 is 2.75 bits per heavy atom. The number of esters is 1. The van der Waals surface area contributed by atoms with Crippen LogP contribution < -0.4 is 0 Å². The lowest BCUT2D eigenvalue weighted by Crippen LogP contribution is -2.25. The summed E-state index contributed by atoms with van der Waals surface area (Å²) in [4.78, 5) is 11.7. The quantitative estimate of drug-likeness (QED) is 0.766. The summed E-state index contributed by atoms with van der Waals surface area (Å²) < 4.78 is 10.6. The van der Waals surface area contributed by atoms with Crippen LogP contribution in [0.2, 0.25) is 0 Å². The van der Waals surface area contributed by atoms with Gasteiger partial charge in [-0.2, -0.15) is 0 Å². The molecule has 0 saturated heterocycles. The van der Waals surface area contributed by atoms with Crippen LogP contribution in [0.25, 0.3) is 0 Å². The van der Waals surface area contributed by atoms with Crippen LogP contribution in [0.5, 0.6) is 0 Å². The zero-order chi connectivity index (χ0) is 14.4. The molecular weight excluding hydrogens is 252 g/mol. The highest BCUT2D eigenvalue weighted by Gasteiger charge is 2.28. The Labute approximate surface area is 120 Å². The molecule has 1 aliphatic rings. The average molecular weight is 274 g/mol. The molecule has 20 heavy (non-hydrogen) atoms. The van der Waals surface area contributed by atoms with Crippen molar-refractivity contribution in [2.24, 2.45) is 0 Å². The number of benzene rings is 1. The van der Waals surface area contributed by atoms with E-state index in [1.165, 1.54) is 12.7 Å². The van der Waals surface area contributed by atoms with E-state index in [2.05, 4.69) is 19.1 Å². The number of ether oxygens (including phenoxy) is 2. The van der Waals surface area contributed by atoms with Crippen LogP contribution in [0.1, 0.15) is 44.1 Å². The fourth-order valence-electron chi connectivity index (χ4n) is 2.56. The van der Waals surface area contributed by atoms with Crippen LogP contribution in [0.3, 0.4) is 0 Å².